The Morgan fingerprint density at radius 3 is 1.25 bits per heavy atom. The summed E-state index contributed by atoms with van der Waals surface area (Å²) in [4.78, 5) is 25.1. The van der Waals surface area contributed by atoms with Gasteiger partial charge in [-0.3, -0.25) is 9.59 Å². The van der Waals surface area contributed by atoms with Crippen LogP contribution in [0.4, 0.5) is 0 Å². The lowest BCUT2D eigenvalue weighted by molar-refractivity contribution is -0.924. The molecule has 14 heteroatoms. The molecule has 2 atom stereocenters. The minimum absolute atomic E-state index is 0. The highest BCUT2D eigenvalue weighted by Gasteiger charge is 2.35. The van der Waals surface area contributed by atoms with Crippen molar-refractivity contribution < 1.29 is 104 Å². The van der Waals surface area contributed by atoms with Gasteiger partial charge in [0.15, 0.2) is 23.0 Å². The van der Waals surface area contributed by atoms with Crippen LogP contribution in [-0.2, 0) is 45.0 Å². The van der Waals surface area contributed by atoms with E-state index in [2.05, 4.69) is 14.1 Å². The van der Waals surface area contributed by atoms with Gasteiger partial charge < -0.3 is 94.8 Å². The Labute approximate surface area is 343 Å². The van der Waals surface area contributed by atoms with Gasteiger partial charge in [0.05, 0.1) is 120 Å². The van der Waals surface area contributed by atoms with E-state index < -0.39 is 0 Å². The quantitative estimate of drug-likeness (QED) is 0.0745. The summed E-state index contributed by atoms with van der Waals surface area (Å²) in [6.45, 7) is 5.48. The molecule has 0 bridgehead atoms. The maximum atomic E-state index is 12.6. The molecule has 2 aromatic carbocycles. The maximum absolute atomic E-state index is 12.6. The Kier molecular flexibility index (Phi) is 18.9. The van der Waals surface area contributed by atoms with Gasteiger partial charge >= 0.3 is 11.9 Å². The van der Waals surface area contributed by atoms with E-state index in [0.29, 0.717) is 73.6 Å². The molecule has 0 spiro atoms. The van der Waals surface area contributed by atoms with Crippen molar-refractivity contribution in [1.29, 1.82) is 0 Å². The summed E-state index contributed by atoms with van der Waals surface area (Å²) in [5.41, 5.74) is 4.59. The molecular formula is C38H58I2N2O10. The number of quaternary nitrogens is 2. The van der Waals surface area contributed by atoms with Gasteiger partial charge in [-0.2, -0.15) is 0 Å². The van der Waals surface area contributed by atoms with Gasteiger partial charge in [-0.05, 0) is 48.9 Å². The van der Waals surface area contributed by atoms with Crippen LogP contribution in [0.3, 0.4) is 0 Å². The number of rotatable bonds is 19. The van der Waals surface area contributed by atoms with Crippen LogP contribution in [0.5, 0.6) is 34.5 Å². The molecule has 0 radical (unpaired) electrons. The number of nitrogens with zero attached hydrogens (tertiary/aromatic N) is 2. The SMILES string of the molecule is COc1cc2c(c(OC)c1OC)C[N+](C)(CCC(=O)OCCCCCCOC(=O)CC[N+]1(C)CCc3cc(OC)c(OC)c(OC)c3C1)CC2.[I-].[I-]. The van der Waals surface area contributed by atoms with Crippen LogP contribution in [-0.4, -0.2) is 117 Å². The first-order valence-electron chi connectivity index (χ1n) is 17.6. The first kappa shape index (κ1) is 45.7. The molecule has 2 aromatic rings. The number of hydrogen-bond acceptors (Lipinski definition) is 10. The number of ether oxygens (including phenoxy) is 8. The van der Waals surface area contributed by atoms with Gasteiger partial charge in [-0.15, -0.1) is 0 Å². The predicted octanol–water partition coefficient (Wildman–Crippen LogP) is -1.12. The number of carbonyl (C=O) groups excluding carboxylic acids is 2. The summed E-state index contributed by atoms with van der Waals surface area (Å²) in [6.07, 6.45) is 5.84. The lowest BCUT2D eigenvalue weighted by Crippen LogP contribution is -3.00. The van der Waals surface area contributed by atoms with Gasteiger partial charge in [0.25, 0.3) is 0 Å². The van der Waals surface area contributed by atoms with Crippen molar-refractivity contribution >= 4 is 11.9 Å². The maximum Gasteiger partial charge on any atom is 0.311 e. The molecular weight excluding hydrogens is 898 g/mol. The topological polar surface area (TPSA) is 108 Å². The molecule has 12 nitrogen and oxygen atoms in total. The van der Waals surface area contributed by atoms with Crippen molar-refractivity contribution in [1.82, 2.24) is 0 Å². The first-order valence-corrected chi connectivity index (χ1v) is 17.6. The number of likely N-dealkylation sites (N-methyl/N-ethyl adjacent to an activating group) is 2. The smallest absolute Gasteiger partial charge is 0.311 e. The molecule has 0 saturated carbocycles. The summed E-state index contributed by atoms with van der Waals surface area (Å²) in [6, 6.07) is 4.06. The van der Waals surface area contributed by atoms with E-state index >= 15 is 0 Å². The number of esters is 2. The van der Waals surface area contributed by atoms with Crippen molar-refractivity contribution in [3.63, 3.8) is 0 Å². The molecule has 52 heavy (non-hydrogen) atoms. The van der Waals surface area contributed by atoms with E-state index in [-0.39, 0.29) is 59.9 Å². The Morgan fingerprint density at radius 2 is 0.923 bits per heavy atom. The summed E-state index contributed by atoms with van der Waals surface area (Å²) in [7, 11) is 14.1. The van der Waals surface area contributed by atoms with E-state index in [9.17, 15) is 9.59 Å². The average Bonchev–Trinajstić information content (AvgIpc) is 3.12. The molecule has 0 N–H and O–H groups in total. The highest BCUT2D eigenvalue weighted by atomic mass is 127. The number of methoxy groups -OCH3 is 6. The standard InChI is InChI=1S/C38H58N2O10.2HI/c1-39(17-13-27-23-31(43-3)37(47-7)35(45-5)29(27)25-39)19-15-33(41)49-21-11-9-10-12-22-50-34(42)16-20-40(2)18-14-28-24-32(44-4)38(48-8)36(46-6)30(28)26-40;;/h23-24H,9-22,25-26H2,1-8H3;2*1H/q+2;;/p-2. The number of unbranched alkanes of at least 4 members (excludes halogenated alkanes) is 3. The van der Waals surface area contributed by atoms with Gasteiger partial charge in [-0.25, -0.2) is 0 Å². The number of carbonyl (C=O) groups is 2. The Morgan fingerprint density at radius 1 is 0.558 bits per heavy atom. The summed E-state index contributed by atoms with van der Waals surface area (Å²) in [5.74, 6) is 3.59. The predicted molar refractivity (Wildman–Crippen MR) is 188 cm³/mol. The first-order chi connectivity index (χ1) is 24.0. The van der Waals surface area contributed by atoms with E-state index in [1.807, 2.05) is 12.1 Å². The van der Waals surface area contributed by atoms with E-state index in [0.717, 1.165) is 84.8 Å². The fourth-order valence-corrected chi connectivity index (χ4v) is 7.21. The second-order valence-corrected chi connectivity index (χ2v) is 13.9. The van der Waals surface area contributed by atoms with Crippen molar-refractivity contribution in [3.8, 4) is 34.5 Å². The summed E-state index contributed by atoms with van der Waals surface area (Å²) >= 11 is 0. The molecule has 0 amide bonds. The van der Waals surface area contributed by atoms with Crippen LogP contribution >= 0.6 is 0 Å². The van der Waals surface area contributed by atoms with E-state index in [4.69, 9.17) is 37.9 Å². The van der Waals surface area contributed by atoms with Gasteiger partial charge in [0.1, 0.15) is 13.1 Å². The normalized spacial score (nSPS) is 18.7. The van der Waals surface area contributed by atoms with E-state index in [1.165, 1.54) is 11.1 Å². The second-order valence-electron chi connectivity index (χ2n) is 13.9. The van der Waals surface area contributed by atoms with Crippen molar-refractivity contribution in [3.05, 3.63) is 34.4 Å². The average molecular weight is 957 g/mol. The number of hydrogen-bond donors (Lipinski definition) is 0. The molecule has 4 rings (SSSR count). The van der Waals surface area contributed by atoms with Crippen molar-refractivity contribution in [2.45, 2.75) is 64.5 Å². The number of fused-ring (bicyclic) bond motifs is 2. The highest BCUT2D eigenvalue weighted by molar-refractivity contribution is 5.69. The molecule has 0 aromatic heterocycles. The highest BCUT2D eigenvalue weighted by Crippen LogP contribution is 2.46. The largest absolute Gasteiger partial charge is 1.00 e. The van der Waals surface area contributed by atoms with Crippen LogP contribution in [0.2, 0.25) is 0 Å². The summed E-state index contributed by atoms with van der Waals surface area (Å²) in [5, 5.41) is 0. The zero-order chi connectivity index (χ0) is 36.3. The van der Waals surface area contributed by atoms with Crippen molar-refractivity contribution in [2.75, 3.05) is 96.1 Å². The second kappa shape index (κ2) is 21.4. The number of halogens is 2. The molecule has 2 unspecified atom stereocenters. The Balaban J connectivity index is 0.00000468. The third-order valence-corrected chi connectivity index (χ3v) is 10.2. The molecule has 2 heterocycles. The lowest BCUT2D eigenvalue weighted by Gasteiger charge is -2.39. The van der Waals surface area contributed by atoms with Gasteiger partial charge in [0.2, 0.25) is 11.5 Å². The van der Waals surface area contributed by atoms with Crippen LogP contribution < -0.4 is 76.4 Å². The summed E-state index contributed by atoms with van der Waals surface area (Å²) < 4.78 is 46.2. The molecule has 2 aliphatic rings. The van der Waals surface area contributed by atoms with Crippen LogP contribution in [0, 0.1) is 0 Å². The van der Waals surface area contributed by atoms with Crippen LogP contribution in [0.25, 0.3) is 0 Å². The zero-order valence-corrected chi connectivity index (χ0v) is 36.5. The van der Waals surface area contributed by atoms with Gasteiger partial charge in [-0.1, -0.05) is 0 Å². The van der Waals surface area contributed by atoms with E-state index in [1.54, 1.807) is 42.7 Å². The monoisotopic (exact) mass is 956 g/mol. The molecule has 0 saturated heterocycles. The number of benzene rings is 2. The molecule has 0 aliphatic carbocycles. The molecule has 2 aliphatic heterocycles. The Bertz CT molecular complexity index is 1380. The third-order valence-electron chi connectivity index (χ3n) is 10.2. The minimum atomic E-state index is -0.172. The third kappa shape index (κ3) is 11.5. The van der Waals surface area contributed by atoms with Crippen LogP contribution in [0.1, 0.15) is 60.8 Å². The zero-order valence-electron chi connectivity index (χ0n) is 32.2. The molecule has 294 valence electrons. The van der Waals surface area contributed by atoms with Crippen molar-refractivity contribution in [2.24, 2.45) is 0 Å². The van der Waals surface area contributed by atoms with Crippen LogP contribution in [0.15, 0.2) is 12.1 Å². The fraction of sp³-hybridized carbons (Fsp3) is 0.632. The van der Waals surface area contributed by atoms with Gasteiger partial charge in [0, 0.05) is 12.8 Å². The fourth-order valence-electron chi connectivity index (χ4n) is 7.21. The Hall–Kier alpha value is -2.44. The minimum Gasteiger partial charge on any atom is -1.00 e. The molecule has 0 fully saturated rings. The lowest BCUT2D eigenvalue weighted by atomic mass is 9.95.